The molecule has 102 valence electrons. The first-order chi connectivity index (χ1) is 9.22. The molecule has 0 spiro atoms. The first-order valence-corrected chi connectivity index (χ1v) is 7.64. The molecule has 1 aliphatic heterocycles. The Balaban J connectivity index is 1.59. The van der Waals surface area contributed by atoms with E-state index in [2.05, 4.69) is 22.2 Å². The summed E-state index contributed by atoms with van der Waals surface area (Å²) in [6, 6.07) is 6.61. The number of nitrogen functional groups attached to an aromatic ring is 1. The summed E-state index contributed by atoms with van der Waals surface area (Å²) >= 11 is 1.68. The second-order valence-electron chi connectivity index (χ2n) is 5.24. The van der Waals surface area contributed by atoms with E-state index in [4.69, 9.17) is 5.73 Å². The maximum Gasteiger partial charge on any atom is 0.183 e. The van der Waals surface area contributed by atoms with Gasteiger partial charge in [0.2, 0.25) is 0 Å². The van der Waals surface area contributed by atoms with E-state index in [9.17, 15) is 0 Å². The average molecular weight is 276 g/mol. The highest BCUT2D eigenvalue weighted by molar-refractivity contribution is 7.22. The second kappa shape index (κ2) is 5.35. The Bertz CT molecular complexity index is 566. The van der Waals surface area contributed by atoms with Gasteiger partial charge in [-0.15, -0.1) is 0 Å². The number of fused-ring (bicyclic) bond motifs is 1. The van der Waals surface area contributed by atoms with Gasteiger partial charge in [0, 0.05) is 18.3 Å². The van der Waals surface area contributed by atoms with Gasteiger partial charge in [-0.1, -0.05) is 11.3 Å². The molecule has 1 atom stereocenters. The van der Waals surface area contributed by atoms with Gasteiger partial charge >= 0.3 is 0 Å². The second-order valence-corrected chi connectivity index (χ2v) is 6.27. The lowest BCUT2D eigenvalue weighted by molar-refractivity contribution is 0.301. The van der Waals surface area contributed by atoms with Crippen LogP contribution < -0.4 is 11.1 Å². The molecule has 1 aromatic heterocycles. The van der Waals surface area contributed by atoms with Gasteiger partial charge in [-0.2, -0.15) is 0 Å². The van der Waals surface area contributed by atoms with Crippen LogP contribution in [0.4, 0.5) is 10.8 Å². The fourth-order valence-corrected chi connectivity index (χ4v) is 3.65. The minimum absolute atomic E-state index is 0.734. The lowest BCUT2D eigenvalue weighted by Crippen LogP contribution is -2.26. The predicted octanol–water partition coefficient (Wildman–Crippen LogP) is 2.77. The van der Waals surface area contributed by atoms with E-state index in [-0.39, 0.29) is 0 Å². The van der Waals surface area contributed by atoms with Gasteiger partial charge in [-0.05, 0) is 51.1 Å². The number of thiazole rings is 1. The van der Waals surface area contributed by atoms with Gasteiger partial charge in [-0.3, -0.25) is 0 Å². The van der Waals surface area contributed by atoms with E-state index in [1.165, 1.54) is 25.8 Å². The van der Waals surface area contributed by atoms with Crippen molar-refractivity contribution in [3.8, 4) is 0 Å². The van der Waals surface area contributed by atoms with Crippen molar-refractivity contribution < 1.29 is 0 Å². The number of hydrogen-bond acceptors (Lipinski definition) is 5. The Morgan fingerprint density at radius 3 is 3.21 bits per heavy atom. The Kier molecular flexibility index (Phi) is 3.57. The standard InChI is InChI=1S/C14H20N4S/c1-18-8-2-3-11(18)6-7-16-14-17-12-5-4-10(15)9-13(12)19-14/h4-5,9,11H,2-3,6-8,15H2,1H3,(H,16,17). The van der Waals surface area contributed by atoms with Gasteiger partial charge in [0.05, 0.1) is 10.2 Å². The first-order valence-electron chi connectivity index (χ1n) is 6.82. The van der Waals surface area contributed by atoms with Crippen molar-refractivity contribution in [2.75, 3.05) is 31.2 Å². The van der Waals surface area contributed by atoms with E-state index in [1.807, 2.05) is 18.2 Å². The SMILES string of the molecule is CN1CCCC1CCNc1nc2ccc(N)cc2s1. The summed E-state index contributed by atoms with van der Waals surface area (Å²) in [5.74, 6) is 0. The molecule has 1 saturated heterocycles. The van der Waals surface area contributed by atoms with E-state index >= 15 is 0 Å². The highest BCUT2D eigenvalue weighted by Gasteiger charge is 2.19. The summed E-state index contributed by atoms with van der Waals surface area (Å²) in [7, 11) is 2.22. The third-order valence-corrected chi connectivity index (χ3v) is 4.81. The molecule has 3 N–H and O–H groups in total. The summed E-state index contributed by atoms with van der Waals surface area (Å²) in [6.45, 7) is 2.23. The molecule has 0 radical (unpaired) electrons. The molecule has 1 aromatic carbocycles. The number of likely N-dealkylation sites (tertiary alicyclic amines) is 1. The number of nitrogens with one attached hydrogen (secondary N) is 1. The van der Waals surface area contributed by atoms with Crippen molar-refractivity contribution in [2.45, 2.75) is 25.3 Å². The van der Waals surface area contributed by atoms with Gasteiger partial charge in [0.1, 0.15) is 0 Å². The van der Waals surface area contributed by atoms with Crippen LogP contribution in [0.5, 0.6) is 0 Å². The summed E-state index contributed by atoms with van der Waals surface area (Å²) in [6.07, 6.45) is 3.85. The Morgan fingerprint density at radius 2 is 2.42 bits per heavy atom. The average Bonchev–Trinajstić information content (AvgIpc) is 2.95. The number of anilines is 2. The summed E-state index contributed by atoms with van der Waals surface area (Å²) in [4.78, 5) is 7.03. The van der Waals surface area contributed by atoms with Gasteiger partial charge in [0.25, 0.3) is 0 Å². The van der Waals surface area contributed by atoms with Crippen molar-refractivity contribution >= 4 is 32.4 Å². The molecule has 4 nitrogen and oxygen atoms in total. The lowest BCUT2D eigenvalue weighted by Gasteiger charge is -2.18. The van der Waals surface area contributed by atoms with Crippen molar-refractivity contribution in [1.29, 1.82) is 0 Å². The van der Waals surface area contributed by atoms with E-state index in [1.54, 1.807) is 11.3 Å². The van der Waals surface area contributed by atoms with Crippen LogP contribution in [0, 0.1) is 0 Å². The molecule has 1 unspecified atom stereocenters. The number of benzene rings is 1. The van der Waals surface area contributed by atoms with Crippen LogP contribution in [0.25, 0.3) is 10.2 Å². The predicted molar refractivity (Wildman–Crippen MR) is 82.8 cm³/mol. The minimum atomic E-state index is 0.734. The molecule has 0 saturated carbocycles. The van der Waals surface area contributed by atoms with Crippen LogP contribution >= 0.6 is 11.3 Å². The Morgan fingerprint density at radius 1 is 1.53 bits per heavy atom. The molecule has 2 heterocycles. The van der Waals surface area contributed by atoms with Crippen LogP contribution in [0.2, 0.25) is 0 Å². The van der Waals surface area contributed by atoms with Crippen LogP contribution in [0.15, 0.2) is 18.2 Å². The number of hydrogen-bond donors (Lipinski definition) is 2. The Hall–Kier alpha value is -1.33. The molecule has 1 fully saturated rings. The first kappa shape index (κ1) is 12.7. The normalized spacial score (nSPS) is 20.2. The summed E-state index contributed by atoms with van der Waals surface area (Å²) < 4.78 is 1.15. The molecule has 19 heavy (non-hydrogen) atoms. The summed E-state index contributed by atoms with van der Waals surface area (Å²) in [5.41, 5.74) is 7.61. The number of rotatable bonds is 4. The quantitative estimate of drug-likeness (QED) is 0.843. The number of aromatic nitrogens is 1. The van der Waals surface area contributed by atoms with Crippen LogP contribution in [-0.4, -0.2) is 36.1 Å². The lowest BCUT2D eigenvalue weighted by atomic mass is 10.1. The van der Waals surface area contributed by atoms with Gasteiger partial charge < -0.3 is 16.0 Å². The van der Waals surface area contributed by atoms with Crippen LogP contribution in [0.3, 0.4) is 0 Å². The highest BCUT2D eigenvalue weighted by atomic mass is 32.1. The fourth-order valence-electron chi connectivity index (χ4n) is 2.71. The van der Waals surface area contributed by atoms with Crippen LogP contribution in [-0.2, 0) is 0 Å². The molecule has 1 aliphatic rings. The zero-order valence-corrected chi connectivity index (χ0v) is 12.0. The van der Waals surface area contributed by atoms with Crippen molar-refractivity contribution in [3.63, 3.8) is 0 Å². The minimum Gasteiger partial charge on any atom is -0.399 e. The molecule has 0 bridgehead atoms. The van der Waals surface area contributed by atoms with Crippen LogP contribution in [0.1, 0.15) is 19.3 Å². The van der Waals surface area contributed by atoms with E-state index in [0.29, 0.717) is 0 Å². The van der Waals surface area contributed by atoms with Gasteiger partial charge in [0.15, 0.2) is 5.13 Å². The molecular formula is C14H20N4S. The fraction of sp³-hybridized carbons (Fsp3) is 0.500. The van der Waals surface area contributed by atoms with Crippen molar-refractivity contribution in [3.05, 3.63) is 18.2 Å². The maximum atomic E-state index is 5.78. The summed E-state index contributed by atoms with van der Waals surface area (Å²) in [5, 5.41) is 4.44. The zero-order valence-electron chi connectivity index (χ0n) is 11.2. The monoisotopic (exact) mass is 276 g/mol. The molecule has 0 amide bonds. The highest BCUT2D eigenvalue weighted by Crippen LogP contribution is 2.27. The van der Waals surface area contributed by atoms with Gasteiger partial charge in [-0.25, -0.2) is 4.98 Å². The topological polar surface area (TPSA) is 54.2 Å². The Labute approximate surface area is 117 Å². The van der Waals surface area contributed by atoms with E-state index in [0.717, 1.165) is 33.6 Å². The maximum absolute atomic E-state index is 5.78. The molecule has 2 aromatic rings. The molecule has 3 rings (SSSR count). The molecule has 5 heteroatoms. The third-order valence-electron chi connectivity index (χ3n) is 3.84. The number of nitrogens with two attached hydrogens (primary N) is 1. The zero-order chi connectivity index (χ0) is 13.2. The smallest absolute Gasteiger partial charge is 0.183 e. The third kappa shape index (κ3) is 2.82. The van der Waals surface area contributed by atoms with Crippen molar-refractivity contribution in [1.82, 2.24) is 9.88 Å². The molecular weight excluding hydrogens is 256 g/mol. The van der Waals surface area contributed by atoms with Crippen molar-refractivity contribution in [2.24, 2.45) is 0 Å². The largest absolute Gasteiger partial charge is 0.399 e. The number of nitrogens with zero attached hydrogens (tertiary/aromatic N) is 2. The van der Waals surface area contributed by atoms with E-state index < -0.39 is 0 Å². The molecule has 0 aliphatic carbocycles.